The van der Waals surface area contributed by atoms with E-state index >= 15 is 0 Å². The molecule has 0 bridgehead atoms. The van der Waals surface area contributed by atoms with Crippen LogP contribution in [0.1, 0.15) is 5.56 Å². The Morgan fingerprint density at radius 3 is 1.71 bits per heavy atom. The van der Waals surface area contributed by atoms with Crippen LogP contribution in [-0.4, -0.2) is 34.7 Å². The van der Waals surface area contributed by atoms with Gasteiger partial charge in [0.1, 0.15) is 5.82 Å². The molecule has 6 heteroatoms. The number of hydrogen-bond acceptors (Lipinski definition) is 3. The fourth-order valence-electron chi connectivity index (χ4n) is 3.27. The molecule has 0 saturated heterocycles. The number of rotatable bonds is 2. The molecule has 3 nitrogen and oxygen atoms in total. The van der Waals surface area contributed by atoms with Gasteiger partial charge in [0.05, 0.1) is 14.4 Å². The molecule has 164 valence electrons. The summed E-state index contributed by atoms with van der Waals surface area (Å²) in [6.45, 7) is 0. The van der Waals surface area contributed by atoms with Crippen LogP contribution in [0.5, 0.6) is 0 Å². The number of benzene rings is 4. The lowest BCUT2D eigenvalue weighted by Crippen LogP contribution is -1.99. The Labute approximate surface area is 181 Å². The molecule has 0 unspecified atom stereocenters. The van der Waals surface area contributed by atoms with E-state index in [1.54, 1.807) is 0 Å². The molecular weight excluding hydrogens is 399 g/mol. The predicted octanol–water partition coefficient (Wildman–Crippen LogP) is 6.39. The zero-order valence-electron chi connectivity index (χ0n) is 18.1. The monoisotopic (exact) mass is 427 g/mol. The highest BCUT2D eigenvalue weighted by Gasteiger charge is 2.15. The summed E-state index contributed by atoms with van der Waals surface area (Å²) in [6, 6.07) is 20.9. The van der Waals surface area contributed by atoms with E-state index in [-0.39, 0.29) is 0 Å². The third-order valence-electron chi connectivity index (χ3n) is 4.37. The van der Waals surface area contributed by atoms with E-state index in [0.29, 0.717) is 31.2 Å². The van der Waals surface area contributed by atoms with E-state index in [2.05, 4.69) is 11.4 Å². The van der Waals surface area contributed by atoms with Crippen LogP contribution in [-0.2, 0) is 0 Å². The summed E-state index contributed by atoms with van der Waals surface area (Å²) in [4.78, 5) is 0. The first-order valence-corrected chi connectivity index (χ1v) is 9.45. The summed E-state index contributed by atoms with van der Waals surface area (Å²) >= 11 is 0. The molecule has 0 aliphatic heterocycles. The van der Waals surface area contributed by atoms with Crippen molar-refractivity contribution in [2.45, 2.75) is 0 Å². The molecule has 0 fully saturated rings. The average Bonchev–Trinajstić information content (AvgIpc) is 2.82. The number of halogens is 3. The van der Waals surface area contributed by atoms with Crippen molar-refractivity contribution < 1.29 is 13.2 Å². The maximum absolute atomic E-state index is 14.1. The third-order valence-corrected chi connectivity index (χ3v) is 4.37. The van der Waals surface area contributed by atoms with Gasteiger partial charge in [-0.15, -0.1) is 0 Å². The molecule has 4 rings (SSSR count). The normalized spacial score (nSPS) is 9.52. The summed E-state index contributed by atoms with van der Waals surface area (Å²) in [5.74, 6) is -0.394. The van der Waals surface area contributed by atoms with Gasteiger partial charge in [0.25, 0.3) is 0 Å². The van der Waals surface area contributed by atoms with Gasteiger partial charge < -0.3 is 16.5 Å². The van der Waals surface area contributed by atoms with E-state index in [9.17, 15) is 13.2 Å². The Morgan fingerprint density at radius 2 is 1.26 bits per heavy atom. The molecule has 4 N–H and O–H groups in total. The highest BCUT2D eigenvalue weighted by Crippen LogP contribution is 2.39. The van der Waals surface area contributed by atoms with Crippen molar-refractivity contribution >= 4 is 33.4 Å². The zero-order chi connectivity index (χ0) is 23.4. The molecular formula is C25H28F3N3. The Balaban J connectivity index is 0.000000620. The summed E-state index contributed by atoms with van der Waals surface area (Å²) in [5, 5.41) is 14.4. The van der Waals surface area contributed by atoms with Crippen molar-refractivity contribution in [1.29, 1.82) is 5.41 Å². The minimum atomic E-state index is -0.394. The molecule has 0 spiro atoms. The number of anilines is 1. The molecule has 0 heterocycles. The van der Waals surface area contributed by atoms with Gasteiger partial charge in [0.15, 0.2) is 0 Å². The van der Waals surface area contributed by atoms with Crippen molar-refractivity contribution in [2.75, 3.05) is 34.2 Å². The lowest BCUT2D eigenvalue weighted by Gasteiger charge is -2.15. The van der Waals surface area contributed by atoms with Gasteiger partial charge in [0, 0.05) is 23.0 Å². The van der Waals surface area contributed by atoms with Crippen LogP contribution < -0.4 is 11.1 Å². The first-order chi connectivity index (χ1) is 15.1. The smallest absolute Gasteiger partial charge is 0.124 e. The predicted molar refractivity (Wildman–Crippen MR) is 128 cm³/mol. The van der Waals surface area contributed by atoms with Gasteiger partial charge in [-0.05, 0) is 59.4 Å². The van der Waals surface area contributed by atoms with E-state index in [1.807, 2.05) is 62.6 Å². The molecule has 4 aromatic carbocycles. The van der Waals surface area contributed by atoms with E-state index in [1.165, 1.54) is 12.1 Å². The van der Waals surface area contributed by atoms with Crippen LogP contribution >= 0.6 is 0 Å². The molecule has 0 atom stereocenters. The summed E-state index contributed by atoms with van der Waals surface area (Å²) in [5.41, 5.74) is 8.61. The van der Waals surface area contributed by atoms with Crippen molar-refractivity contribution in [3.05, 3.63) is 78.1 Å². The third kappa shape index (κ3) is 5.83. The molecule has 0 saturated carbocycles. The Kier molecular flexibility index (Phi) is 10.8. The first kappa shape index (κ1) is 25.7. The lowest BCUT2D eigenvalue weighted by atomic mass is 9.90. The van der Waals surface area contributed by atoms with Crippen LogP contribution in [0, 0.1) is 11.2 Å². The van der Waals surface area contributed by atoms with Crippen LogP contribution in [0.15, 0.2) is 66.7 Å². The van der Waals surface area contributed by atoms with Gasteiger partial charge in [-0.1, -0.05) is 48.5 Å². The second-order valence-corrected chi connectivity index (χ2v) is 6.29. The maximum atomic E-state index is 14.1. The molecule has 31 heavy (non-hydrogen) atoms. The van der Waals surface area contributed by atoms with Crippen molar-refractivity contribution in [2.24, 2.45) is 0 Å². The van der Waals surface area contributed by atoms with Gasteiger partial charge in [-0.3, -0.25) is 8.78 Å². The summed E-state index contributed by atoms with van der Waals surface area (Å²) < 4.78 is 33.1. The van der Waals surface area contributed by atoms with Crippen molar-refractivity contribution in [1.82, 2.24) is 5.32 Å². The Morgan fingerprint density at radius 1 is 0.806 bits per heavy atom. The quantitative estimate of drug-likeness (QED) is 0.197. The van der Waals surface area contributed by atoms with Crippen LogP contribution in [0.2, 0.25) is 0 Å². The second kappa shape index (κ2) is 13.0. The number of nitrogens with two attached hydrogens (primary N) is 1. The average molecular weight is 428 g/mol. The molecule has 0 amide bonds. The van der Waals surface area contributed by atoms with E-state index in [4.69, 9.17) is 11.1 Å². The molecule has 4 aromatic rings. The minimum absolute atomic E-state index is 0.391. The molecule has 0 aromatic heterocycles. The van der Waals surface area contributed by atoms with Gasteiger partial charge in [-0.25, -0.2) is 4.39 Å². The van der Waals surface area contributed by atoms with E-state index in [0.717, 1.165) is 33.3 Å². The topological polar surface area (TPSA) is 61.9 Å². The highest BCUT2D eigenvalue weighted by molar-refractivity contribution is 6.15. The number of fused-ring (bicyclic) bond motifs is 2. The van der Waals surface area contributed by atoms with Crippen molar-refractivity contribution in [3.8, 4) is 11.1 Å². The van der Waals surface area contributed by atoms with E-state index < -0.39 is 5.82 Å². The van der Waals surface area contributed by atoms with Gasteiger partial charge >= 0.3 is 0 Å². The first-order valence-electron chi connectivity index (χ1n) is 9.45. The summed E-state index contributed by atoms with van der Waals surface area (Å²) in [6.07, 6.45) is 1.09. The molecule has 0 aliphatic rings. The number of alkyl halides is 2. The lowest BCUT2D eigenvalue weighted by molar-refractivity contribution is 0.628. The molecule has 0 aliphatic carbocycles. The number of hydrogen-bond donors (Lipinski definition) is 3. The highest BCUT2D eigenvalue weighted by atomic mass is 19.1. The van der Waals surface area contributed by atoms with Crippen LogP contribution in [0.4, 0.5) is 18.9 Å². The largest absolute Gasteiger partial charge is 0.398 e. The number of nitrogen functional groups attached to an aromatic ring is 1. The standard InChI is InChI=1S/C21H15FN2.C2H7N.2CH3F/c22-16-10-15(12-23)21(24)19(11-16)20-17-7-3-1-5-13(17)9-14-6-2-4-8-18(14)20;1-3-2;2*1-2/h1-12,23H,24H2;3H,1-2H3;2*1H3. The summed E-state index contributed by atoms with van der Waals surface area (Å²) in [7, 11) is 4.75. The van der Waals surface area contributed by atoms with Gasteiger partial charge in [0.2, 0.25) is 0 Å². The fourth-order valence-corrected chi connectivity index (χ4v) is 3.27. The van der Waals surface area contributed by atoms with Gasteiger partial charge in [-0.2, -0.15) is 0 Å². The second-order valence-electron chi connectivity index (χ2n) is 6.29. The van der Waals surface area contributed by atoms with Crippen LogP contribution in [0.3, 0.4) is 0 Å². The molecule has 0 radical (unpaired) electrons. The Hall–Kier alpha value is -3.38. The number of nitrogens with one attached hydrogen (secondary N) is 2. The fraction of sp³-hybridized carbons (Fsp3) is 0.160. The Bertz CT molecular complexity index is 1070. The SMILES string of the molecule is CF.CF.CNC.N=Cc1cc(F)cc(-c2c3ccccc3cc3ccccc23)c1N. The maximum Gasteiger partial charge on any atom is 0.124 e. The van der Waals surface area contributed by atoms with Crippen molar-refractivity contribution in [3.63, 3.8) is 0 Å². The minimum Gasteiger partial charge on any atom is -0.398 e. The van der Waals surface area contributed by atoms with Crippen LogP contribution in [0.25, 0.3) is 32.7 Å². The zero-order valence-corrected chi connectivity index (χ0v) is 18.1.